The van der Waals surface area contributed by atoms with Crippen LogP contribution in [-0.4, -0.2) is 15.3 Å². The second-order valence-electron chi connectivity index (χ2n) is 7.45. The standard InChI is InChI=1S/C21H23FN2O/c1-13(2)14-6-8-15(9-7-14)20(25)10-18-21-16(4-3-5-17(21)22)19-11-23-12-24(18)19/h3-5,11-12,15,18H,6-10H2,1-2H3. The molecule has 130 valence electrons. The maximum Gasteiger partial charge on any atom is 0.138 e. The summed E-state index contributed by atoms with van der Waals surface area (Å²) in [5, 5.41) is 0. The average Bonchev–Trinajstić information content (AvgIpc) is 3.18. The minimum absolute atomic E-state index is 0.103. The number of benzene rings is 1. The van der Waals surface area contributed by atoms with Gasteiger partial charge in [-0.15, -0.1) is 0 Å². The van der Waals surface area contributed by atoms with E-state index in [0.717, 1.165) is 36.9 Å². The molecule has 0 radical (unpaired) electrons. The molecule has 0 spiro atoms. The summed E-state index contributed by atoms with van der Waals surface area (Å²) in [6.07, 6.45) is 7.71. The van der Waals surface area contributed by atoms with E-state index in [1.54, 1.807) is 18.6 Å². The molecule has 2 heterocycles. The molecule has 1 atom stereocenters. The molecule has 3 nitrogen and oxygen atoms in total. The van der Waals surface area contributed by atoms with Gasteiger partial charge in [0.1, 0.15) is 11.6 Å². The number of carbonyl (C=O) groups excluding carboxylic acids is 1. The summed E-state index contributed by atoms with van der Waals surface area (Å²) in [5.41, 5.74) is 5.31. The number of rotatable bonds is 3. The number of aromatic nitrogens is 2. The zero-order valence-electron chi connectivity index (χ0n) is 14.8. The first kappa shape index (κ1) is 16.2. The molecule has 0 amide bonds. The molecular formula is C21H23FN2O. The number of Topliss-reactive ketones (excluding diaryl/α,β-unsaturated/α-hetero) is 1. The lowest BCUT2D eigenvalue weighted by Gasteiger charge is -2.25. The Bertz CT molecular complexity index is 851. The highest BCUT2D eigenvalue weighted by atomic mass is 19.1. The number of hydrogen-bond acceptors (Lipinski definition) is 2. The summed E-state index contributed by atoms with van der Waals surface area (Å²) in [6.45, 7) is 4.30. The molecule has 4 heteroatoms. The molecule has 1 saturated carbocycles. The van der Waals surface area contributed by atoms with Gasteiger partial charge in [-0.25, -0.2) is 9.37 Å². The third kappa shape index (κ3) is 2.74. The third-order valence-corrected chi connectivity index (χ3v) is 5.81. The normalized spacial score (nSPS) is 21.8. The topological polar surface area (TPSA) is 34.9 Å². The number of halogens is 1. The van der Waals surface area contributed by atoms with E-state index >= 15 is 0 Å². The Labute approximate surface area is 147 Å². The number of ketones is 1. The van der Waals surface area contributed by atoms with Crippen LogP contribution in [0.5, 0.6) is 0 Å². The van der Waals surface area contributed by atoms with Crippen LogP contribution in [0.4, 0.5) is 4.39 Å². The summed E-state index contributed by atoms with van der Waals surface area (Å²) in [4.78, 5) is 17.1. The smallest absolute Gasteiger partial charge is 0.138 e. The van der Waals surface area contributed by atoms with Crippen molar-refractivity contribution in [1.82, 2.24) is 9.55 Å². The van der Waals surface area contributed by atoms with Crippen LogP contribution in [0, 0.1) is 11.7 Å². The number of fused-ring (bicyclic) bond motifs is 3. The van der Waals surface area contributed by atoms with Crippen molar-refractivity contribution in [3.05, 3.63) is 53.3 Å². The molecule has 4 rings (SSSR count). The van der Waals surface area contributed by atoms with Crippen LogP contribution in [0.2, 0.25) is 0 Å². The van der Waals surface area contributed by atoms with Crippen LogP contribution >= 0.6 is 0 Å². The van der Waals surface area contributed by atoms with Crippen molar-refractivity contribution < 1.29 is 9.18 Å². The SMILES string of the molecule is CC(C)=C1CCC(C(=O)CC2c3c(F)cccc3-c3cncn32)CC1. The number of imidazole rings is 1. The third-order valence-electron chi connectivity index (χ3n) is 5.81. The number of hydrogen-bond donors (Lipinski definition) is 0. The van der Waals surface area contributed by atoms with Gasteiger partial charge >= 0.3 is 0 Å². The van der Waals surface area contributed by atoms with E-state index in [4.69, 9.17) is 0 Å². The van der Waals surface area contributed by atoms with Gasteiger partial charge in [0.05, 0.1) is 24.3 Å². The monoisotopic (exact) mass is 338 g/mol. The van der Waals surface area contributed by atoms with Gasteiger partial charge in [0.25, 0.3) is 0 Å². The molecule has 1 aromatic carbocycles. The molecule has 1 fully saturated rings. The molecule has 1 aromatic heterocycles. The summed E-state index contributed by atoms with van der Waals surface area (Å²) >= 11 is 0. The van der Waals surface area contributed by atoms with E-state index < -0.39 is 0 Å². The van der Waals surface area contributed by atoms with Gasteiger partial charge in [0.2, 0.25) is 0 Å². The van der Waals surface area contributed by atoms with E-state index in [9.17, 15) is 9.18 Å². The van der Waals surface area contributed by atoms with E-state index in [2.05, 4.69) is 18.8 Å². The zero-order valence-corrected chi connectivity index (χ0v) is 14.8. The Morgan fingerprint density at radius 3 is 2.76 bits per heavy atom. The van der Waals surface area contributed by atoms with Crippen molar-refractivity contribution in [2.75, 3.05) is 0 Å². The Hall–Kier alpha value is -2.23. The van der Waals surface area contributed by atoms with Crippen LogP contribution in [-0.2, 0) is 4.79 Å². The summed E-state index contributed by atoms with van der Waals surface area (Å²) in [5.74, 6) is 0.133. The molecular weight excluding hydrogens is 315 g/mol. The Kier molecular flexibility index (Phi) is 4.06. The van der Waals surface area contributed by atoms with Gasteiger partial charge < -0.3 is 4.57 Å². The number of allylic oxidation sites excluding steroid dienone is 2. The highest BCUT2D eigenvalue weighted by molar-refractivity contribution is 5.83. The van der Waals surface area contributed by atoms with Gasteiger partial charge in [-0.05, 0) is 45.6 Å². The van der Waals surface area contributed by atoms with Gasteiger partial charge in [0, 0.05) is 23.5 Å². The quantitative estimate of drug-likeness (QED) is 0.732. The van der Waals surface area contributed by atoms with E-state index in [1.165, 1.54) is 17.2 Å². The molecule has 1 unspecified atom stereocenters. The lowest BCUT2D eigenvalue weighted by Crippen LogP contribution is -2.22. The Morgan fingerprint density at radius 1 is 1.28 bits per heavy atom. The minimum atomic E-state index is -0.258. The highest BCUT2D eigenvalue weighted by Crippen LogP contribution is 2.43. The molecule has 1 aliphatic heterocycles. The molecule has 25 heavy (non-hydrogen) atoms. The van der Waals surface area contributed by atoms with Crippen molar-refractivity contribution in [1.29, 1.82) is 0 Å². The summed E-state index contributed by atoms with van der Waals surface area (Å²) < 4.78 is 16.4. The predicted octanol–water partition coefficient (Wildman–Crippen LogP) is 5.08. The fourth-order valence-electron chi connectivity index (χ4n) is 4.35. The second kappa shape index (κ2) is 6.25. The number of nitrogens with zero attached hydrogens (tertiary/aromatic N) is 2. The van der Waals surface area contributed by atoms with Crippen molar-refractivity contribution in [2.24, 2.45) is 5.92 Å². The first-order chi connectivity index (χ1) is 12.1. The van der Waals surface area contributed by atoms with Gasteiger partial charge in [-0.1, -0.05) is 23.3 Å². The molecule has 0 N–H and O–H groups in total. The van der Waals surface area contributed by atoms with Crippen molar-refractivity contribution in [2.45, 2.75) is 52.0 Å². The second-order valence-corrected chi connectivity index (χ2v) is 7.45. The van der Waals surface area contributed by atoms with Crippen LogP contribution in [0.1, 0.15) is 57.6 Å². The van der Waals surface area contributed by atoms with Crippen molar-refractivity contribution >= 4 is 5.78 Å². The fraction of sp³-hybridized carbons (Fsp3) is 0.429. The van der Waals surface area contributed by atoms with Crippen LogP contribution in [0.3, 0.4) is 0 Å². The van der Waals surface area contributed by atoms with E-state index in [1.807, 2.05) is 10.6 Å². The predicted molar refractivity (Wildman–Crippen MR) is 95.7 cm³/mol. The van der Waals surface area contributed by atoms with Crippen molar-refractivity contribution in [3.8, 4) is 11.3 Å². The fourth-order valence-corrected chi connectivity index (χ4v) is 4.35. The first-order valence-electron chi connectivity index (χ1n) is 9.04. The van der Waals surface area contributed by atoms with Crippen LogP contribution in [0.25, 0.3) is 11.3 Å². The molecule has 0 bridgehead atoms. The molecule has 0 saturated heterocycles. The Morgan fingerprint density at radius 2 is 2.04 bits per heavy atom. The molecule has 2 aromatic rings. The van der Waals surface area contributed by atoms with E-state index in [-0.39, 0.29) is 23.6 Å². The lowest BCUT2D eigenvalue weighted by atomic mass is 9.80. The number of carbonyl (C=O) groups is 1. The average molecular weight is 338 g/mol. The maximum absolute atomic E-state index is 14.5. The Balaban J connectivity index is 1.56. The van der Waals surface area contributed by atoms with Crippen molar-refractivity contribution in [3.63, 3.8) is 0 Å². The highest BCUT2D eigenvalue weighted by Gasteiger charge is 2.34. The zero-order chi connectivity index (χ0) is 17.6. The summed E-state index contributed by atoms with van der Waals surface area (Å²) in [6, 6.07) is 4.86. The van der Waals surface area contributed by atoms with Gasteiger partial charge in [-0.3, -0.25) is 4.79 Å². The summed E-state index contributed by atoms with van der Waals surface area (Å²) in [7, 11) is 0. The molecule has 2 aliphatic rings. The maximum atomic E-state index is 14.5. The first-order valence-corrected chi connectivity index (χ1v) is 9.04. The largest absolute Gasteiger partial charge is 0.322 e. The van der Waals surface area contributed by atoms with Crippen LogP contribution in [0.15, 0.2) is 41.9 Å². The molecule has 1 aliphatic carbocycles. The minimum Gasteiger partial charge on any atom is -0.322 e. The van der Waals surface area contributed by atoms with Gasteiger partial charge in [0.15, 0.2) is 0 Å². The lowest BCUT2D eigenvalue weighted by molar-refractivity contribution is -0.124. The van der Waals surface area contributed by atoms with Gasteiger partial charge in [-0.2, -0.15) is 0 Å². The van der Waals surface area contributed by atoms with Crippen LogP contribution < -0.4 is 0 Å². The van der Waals surface area contributed by atoms with E-state index in [0.29, 0.717) is 12.0 Å².